The van der Waals surface area contributed by atoms with Crippen molar-refractivity contribution in [3.8, 4) is 22.4 Å². The number of aryl methyl sites for hydroxylation is 1. The lowest BCUT2D eigenvalue weighted by atomic mass is 9.99. The van der Waals surface area contributed by atoms with E-state index >= 15 is 0 Å². The van der Waals surface area contributed by atoms with Crippen LogP contribution in [0.25, 0.3) is 22.4 Å². The standard InChI is InChI=1S/C25H20FN3O3/c26-20-10-8-17(9-11-20)21-14-22(19-2-1-13-27-15-19)28-24(21)23(30)12-5-16-3-6-18(7-4-16)25(31)29-32/h1-4,6-11,13-15,28,32H,5,12H2,(H,29,31). The highest BCUT2D eigenvalue weighted by Crippen LogP contribution is 2.30. The molecule has 0 radical (unpaired) electrons. The molecule has 32 heavy (non-hydrogen) atoms. The number of aromatic nitrogens is 2. The maximum Gasteiger partial charge on any atom is 0.274 e. The van der Waals surface area contributed by atoms with E-state index in [0.717, 1.165) is 22.4 Å². The minimum atomic E-state index is -0.592. The highest BCUT2D eigenvalue weighted by molar-refractivity contribution is 6.02. The van der Waals surface area contributed by atoms with Crippen molar-refractivity contribution >= 4 is 11.7 Å². The SMILES string of the molecule is O=C(NO)c1ccc(CCC(=O)c2[nH]c(-c3cccnc3)cc2-c2ccc(F)cc2)cc1. The van der Waals surface area contributed by atoms with Crippen molar-refractivity contribution in [3.05, 3.63) is 102 Å². The number of carbonyl (C=O) groups excluding carboxylic acids is 2. The number of amides is 1. The van der Waals surface area contributed by atoms with Gasteiger partial charge in [-0.2, -0.15) is 0 Å². The van der Waals surface area contributed by atoms with Crippen LogP contribution in [-0.4, -0.2) is 26.9 Å². The van der Waals surface area contributed by atoms with Gasteiger partial charge in [0.25, 0.3) is 5.91 Å². The molecular formula is C25H20FN3O3. The number of halogens is 1. The van der Waals surface area contributed by atoms with Crippen molar-refractivity contribution in [2.45, 2.75) is 12.8 Å². The van der Waals surface area contributed by atoms with Gasteiger partial charge in [0.05, 0.1) is 5.69 Å². The molecule has 0 aliphatic carbocycles. The summed E-state index contributed by atoms with van der Waals surface area (Å²) in [6.45, 7) is 0. The van der Waals surface area contributed by atoms with Crippen LogP contribution in [0.3, 0.4) is 0 Å². The van der Waals surface area contributed by atoms with E-state index in [4.69, 9.17) is 5.21 Å². The molecule has 6 nitrogen and oxygen atoms in total. The average Bonchev–Trinajstić information content (AvgIpc) is 3.29. The van der Waals surface area contributed by atoms with Gasteiger partial charge in [-0.1, -0.05) is 24.3 Å². The number of H-pyrrole nitrogens is 1. The Morgan fingerprint density at radius 3 is 2.41 bits per heavy atom. The predicted molar refractivity (Wildman–Crippen MR) is 118 cm³/mol. The molecule has 1 amide bonds. The Labute approximate surface area is 183 Å². The van der Waals surface area contributed by atoms with Gasteiger partial charge in [0.15, 0.2) is 5.78 Å². The van der Waals surface area contributed by atoms with E-state index in [1.807, 2.05) is 18.2 Å². The molecule has 0 atom stereocenters. The third-order valence-electron chi connectivity index (χ3n) is 5.18. The minimum absolute atomic E-state index is 0.0864. The van der Waals surface area contributed by atoms with Crippen molar-refractivity contribution in [2.24, 2.45) is 0 Å². The molecule has 0 aliphatic rings. The fraction of sp³-hybridized carbons (Fsp3) is 0.0800. The van der Waals surface area contributed by atoms with E-state index < -0.39 is 5.91 Å². The second-order valence-corrected chi connectivity index (χ2v) is 7.28. The van der Waals surface area contributed by atoms with Crippen LogP contribution < -0.4 is 5.48 Å². The number of rotatable bonds is 7. The molecule has 4 rings (SSSR count). The summed E-state index contributed by atoms with van der Waals surface area (Å²) in [6.07, 6.45) is 4.10. The molecule has 0 saturated carbocycles. The summed E-state index contributed by atoms with van der Waals surface area (Å²) in [4.78, 5) is 31.9. The molecule has 2 aromatic carbocycles. The van der Waals surface area contributed by atoms with Crippen LogP contribution >= 0.6 is 0 Å². The Morgan fingerprint density at radius 1 is 1.00 bits per heavy atom. The second-order valence-electron chi connectivity index (χ2n) is 7.28. The first-order valence-corrected chi connectivity index (χ1v) is 10.0. The van der Waals surface area contributed by atoms with E-state index in [9.17, 15) is 14.0 Å². The van der Waals surface area contributed by atoms with E-state index in [0.29, 0.717) is 23.2 Å². The molecule has 4 aromatic rings. The highest BCUT2D eigenvalue weighted by atomic mass is 19.1. The van der Waals surface area contributed by atoms with E-state index in [1.165, 1.54) is 12.1 Å². The summed E-state index contributed by atoms with van der Waals surface area (Å²) in [5.74, 6) is -1.02. The number of nitrogens with zero attached hydrogens (tertiary/aromatic N) is 1. The number of aromatic amines is 1. The zero-order valence-corrected chi connectivity index (χ0v) is 17.0. The fourth-order valence-electron chi connectivity index (χ4n) is 3.48. The van der Waals surface area contributed by atoms with Gasteiger partial charge >= 0.3 is 0 Å². The molecule has 0 saturated heterocycles. The number of hydrogen-bond donors (Lipinski definition) is 3. The molecule has 7 heteroatoms. The molecule has 3 N–H and O–H groups in total. The van der Waals surface area contributed by atoms with Gasteiger partial charge < -0.3 is 4.98 Å². The van der Waals surface area contributed by atoms with Crippen LogP contribution in [0.1, 0.15) is 32.8 Å². The number of ketones is 1. The van der Waals surface area contributed by atoms with Gasteiger partial charge in [-0.25, -0.2) is 9.87 Å². The number of nitrogens with one attached hydrogen (secondary N) is 2. The third kappa shape index (κ3) is 4.63. The molecule has 0 spiro atoms. The number of hydroxylamine groups is 1. The Bertz CT molecular complexity index is 1230. The van der Waals surface area contributed by atoms with Crippen molar-refractivity contribution in [2.75, 3.05) is 0 Å². The van der Waals surface area contributed by atoms with Crippen LogP contribution in [0.2, 0.25) is 0 Å². The molecule has 0 aliphatic heterocycles. The van der Waals surface area contributed by atoms with E-state index in [-0.39, 0.29) is 18.0 Å². The Hall–Kier alpha value is -4.10. The lowest BCUT2D eigenvalue weighted by Gasteiger charge is -2.05. The molecule has 160 valence electrons. The van der Waals surface area contributed by atoms with Gasteiger partial charge in [-0.15, -0.1) is 0 Å². The Balaban J connectivity index is 1.59. The topological polar surface area (TPSA) is 95.1 Å². The van der Waals surface area contributed by atoms with Crippen LogP contribution in [0.15, 0.2) is 79.1 Å². The number of Topliss-reactive ketones (excluding diaryl/α,β-unsaturated/α-hetero) is 1. The summed E-state index contributed by atoms with van der Waals surface area (Å²) in [5, 5.41) is 8.71. The molecular weight excluding hydrogens is 409 g/mol. The normalized spacial score (nSPS) is 10.7. The van der Waals surface area contributed by atoms with Crippen molar-refractivity contribution in [1.29, 1.82) is 0 Å². The van der Waals surface area contributed by atoms with Crippen molar-refractivity contribution in [3.63, 3.8) is 0 Å². The largest absolute Gasteiger partial charge is 0.352 e. The zero-order valence-electron chi connectivity index (χ0n) is 17.0. The first kappa shape index (κ1) is 21.1. The lowest BCUT2D eigenvalue weighted by Crippen LogP contribution is -2.18. The number of hydrogen-bond acceptors (Lipinski definition) is 4. The average molecular weight is 429 g/mol. The quantitative estimate of drug-likeness (QED) is 0.223. The summed E-state index contributed by atoms with van der Waals surface area (Å²) >= 11 is 0. The summed E-state index contributed by atoms with van der Waals surface area (Å²) in [5.41, 5.74) is 6.27. The van der Waals surface area contributed by atoms with Crippen LogP contribution in [0, 0.1) is 5.82 Å². The number of benzene rings is 2. The summed E-state index contributed by atoms with van der Waals surface area (Å²) in [6, 6.07) is 18.3. The maximum absolute atomic E-state index is 13.4. The van der Waals surface area contributed by atoms with Crippen LogP contribution in [0.4, 0.5) is 4.39 Å². The zero-order chi connectivity index (χ0) is 22.5. The van der Waals surface area contributed by atoms with Crippen LogP contribution in [0.5, 0.6) is 0 Å². The predicted octanol–water partition coefficient (Wildman–Crippen LogP) is 4.82. The molecule has 0 unspecified atom stereocenters. The van der Waals surface area contributed by atoms with Gasteiger partial charge in [0.1, 0.15) is 5.82 Å². The van der Waals surface area contributed by atoms with Crippen molar-refractivity contribution < 1.29 is 19.2 Å². The minimum Gasteiger partial charge on any atom is -0.352 e. The van der Waals surface area contributed by atoms with Crippen LogP contribution in [-0.2, 0) is 6.42 Å². The van der Waals surface area contributed by atoms with E-state index in [1.54, 1.807) is 54.3 Å². The third-order valence-corrected chi connectivity index (χ3v) is 5.18. The monoisotopic (exact) mass is 429 g/mol. The van der Waals surface area contributed by atoms with Gasteiger partial charge in [0.2, 0.25) is 0 Å². The Kier molecular flexibility index (Phi) is 6.19. The van der Waals surface area contributed by atoms with Gasteiger partial charge in [-0.05, 0) is 60.0 Å². The van der Waals surface area contributed by atoms with Gasteiger partial charge in [-0.3, -0.25) is 19.8 Å². The maximum atomic E-state index is 13.4. The highest BCUT2D eigenvalue weighted by Gasteiger charge is 2.18. The molecule has 0 bridgehead atoms. The summed E-state index contributed by atoms with van der Waals surface area (Å²) in [7, 11) is 0. The Morgan fingerprint density at radius 2 is 1.75 bits per heavy atom. The molecule has 2 aromatic heterocycles. The summed E-state index contributed by atoms with van der Waals surface area (Å²) < 4.78 is 13.4. The fourth-order valence-corrected chi connectivity index (χ4v) is 3.48. The van der Waals surface area contributed by atoms with Gasteiger partial charge in [0, 0.05) is 41.2 Å². The number of pyridine rings is 1. The molecule has 2 heterocycles. The number of carbonyl (C=O) groups is 2. The lowest BCUT2D eigenvalue weighted by molar-refractivity contribution is 0.0706. The first-order chi connectivity index (χ1) is 15.5. The first-order valence-electron chi connectivity index (χ1n) is 10.0. The second kappa shape index (κ2) is 9.36. The molecule has 0 fully saturated rings. The van der Waals surface area contributed by atoms with Crippen molar-refractivity contribution in [1.82, 2.24) is 15.4 Å². The smallest absolute Gasteiger partial charge is 0.274 e. The van der Waals surface area contributed by atoms with E-state index in [2.05, 4.69) is 9.97 Å².